The number of hydrogen-bond acceptors (Lipinski definition) is 2. The van der Waals surface area contributed by atoms with Crippen molar-refractivity contribution in [3.63, 3.8) is 0 Å². The van der Waals surface area contributed by atoms with Gasteiger partial charge in [0.25, 0.3) is 0 Å². The van der Waals surface area contributed by atoms with Crippen LogP contribution in [0.25, 0.3) is 0 Å². The standard InChI is InChI=1S/C7H11NO/c8-5-1-2-7(9)6-3-4-6/h6-7,9H,1-4H2. The second-order valence-corrected chi connectivity index (χ2v) is 2.60. The molecular weight excluding hydrogens is 114 g/mol. The number of nitriles is 1. The quantitative estimate of drug-likeness (QED) is 0.613. The van der Waals surface area contributed by atoms with Crippen molar-refractivity contribution >= 4 is 0 Å². The van der Waals surface area contributed by atoms with Crippen LogP contribution in [0.4, 0.5) is 0 Å². The molecule has 2 heteroatoms. The van der Waals surface area contributed by atoms with E-state index < -0.39 is 0 Å². The summed E-state index contributed by atoms with van der Waals surface area (Å²) in [6.07, 6.45) is 3.29. The molecule has 1 unspecified atom stereocenters. The molecule has 0 aromatic carbocycles. The Bertz CT molecular complexity index is 123. The molecule has 1 aliphatic rings. The van der Waals surface area contributed by atoms with Crippen molar-refractivity contribution in [3.05, 3.63) is 0 Å². The Morgan fingerprint density at radius 2 is 2.33 bits per heavy atom. The van der Waals surface area contributed by atoms with Gasteiger partial charge in [-0.2, -0.15) is 5.26 Å². The summed E-state index contributed by atoms with van der Waals surface area (Å²) >= 11 is 0. The van der Waals surface area contributed by atoms with E-state index in [4.69, 9.17) is 10.4 Å². The monoisotopic (exact) mass is 125 g/mol. The highest BCUT2D eigenvalue weighted by Crippen LogP contribution is 2.34. The van der Waals surface area contributed by atoms with E-state index in [2.05, 4.69) is 0 Å². The van der Waals surface area contributed by atoms with Gasteiger partial charge in [-0.05, 0) is 25.2 Å². The molecule has 0 aromatic rings. The molecule has 0 saturated heterocycles. The lowest BCUT2D eigenvalue weighted by Crippen LogP contribution is -2.07. The summed E-state index contributed by atoms with van der Waals surface area (Å²) in [6, 6.07) is 2.02. The number of rotatable bonds is 3. The summed E-state index contributed by atoms with van der Waals surface area (Å²) in [6.45, 7) is 0. The van der Waals surface area contributed by atoms with Crippen molar-refractivity contribution in [3.8, 4) is 6.07 Å². The zero-order chi connectivity index (χ0) is 6.69. The number of aliphatic hydroxyl groups is 1. The summed E-state index contributed by atoms with van der Waals surface area (Å²) in [7, 11) is 0. The maximum absolute atomic E-state index is 9.17. The molecule has 0 radical (unpaired) electrons. The van der Waals surface area contributed by atoms with Crippen molar-refractivity contribution in [1.29, 1.82) is 5.26 Å². The summed E-state index contributed by atoms with van der Waals surface area (Å²) in [5.74, 6) is 0.526. The maximum Gasteiger partial charge on any atom is 0.0622 e. The third-order valence-corrected chi connectivity index (χ3v) is 1.72. The summed E-state index contributed by atoms with van der Waals surface area (Å²) in [4.78, 5) is 0. The zero-order valence-electron chi connectivity index (χ0n) is 5.38. The molecular formula is C7H11NO. The van der Waals surface area contributed by atoms with Crippen LogP contribution in [0.5, 0.6) is 0 Å². The van der Waals surface area contributed by atoms with Gasteiger partial charge in [0.2, 0.25) is 0 Å². The van der Waals surface area contributed by atoms with Crippen molar-refractivity contribution in [2.45, 2.75) is 31.8 Å². The molecule has 1 atom stereocenters. The molecule has 0 heterocycles. The molecule has 1 N–H and O–H groups in total. The van der Waals surface area contributed by atoms with E-state index in [-0.39, 0.29) is 6.10 Å². The normalized spacial score (nSPS) is 20.9. The molecule has 2 nitrogen and oxygen atoms in total. The molecule has 1 saturated carbocycles. The minimum absolute atomic E-state index is 0.190. The highest BCUT2D eigenvalue weighted by Gasteiger charge is 2.28. The molecule has 0 aromatic heterocycles. The van der Waals surface area contributed by atoms with Gasteiger partial charge >= 0.3 is 0 Å². The van der Waals surface area contributed by atoms with E-state index in [9.17, 15) is 0 Å². The lowest BCUT2D eigenvalue weighted by molar-refractivity contribution is 0.143. The van der Waals surface area contributed by atoms with Crippen LogP contribution < -0.4 is 0 Å². The van der Waals surface area contributed by atoms with E-state index >= 15 is 0 Å². The largest absolute Gasteiger partial charge is 0.393 e. The predicted octanol–water partition coefficient (Wildman–Crippen LogP) is 1.06. The molecule has 0 amide bonds. The molecule has 1 rings (SSSR count). The van der Waals surface area contributed by atoms with Crippen LogP contribution in [-0.2, 0) is 0 Å². The van der Waals surface area contributed by atoms with E-state index in [1.807, 2.05) is 6.07 Å². The first-order chi connectivity index (χ1) is 4.34. The Morgan fingerprint density at radius 1 is 1.67 bits per heavy atom. The predicted molar refractivity (Wildman–Crippen MR) is 33.6 cm³/mol. The smallest absolute Gasteiger partial charge is 0.0622 e. The lowest BCUT2D eigenvalue weighted by Gasteiger charge is -2.03. The fourth-order valence-corrected chi connectivity index (χ4v) is 0.929. The summed E-state index contributed by atoms with van der Waals surface area (Å²) in [5, 5.41) is 17.3. The summed E-state index contributed by atoms with van der Waals surface area (Å²) < 4.78 is 0. The van der Waals surface area contributed by atoms with E-state index in [1.54, 1.807) is 0 Å². The van der Waals surface area contributed by atoms with Gasteiger partial charge in [-0.15, -0.1) is 0 Å². The van der Waals surface area contributed by atoms with Gasteiger partial charge in [0.05, 0.1) is 12.2 Å². The van der Waals surface area contributed by atoms with Crippen LogP contribution in [0, 0.1) is 17.2 Å². The Labute approximate surface area is 55.1 Å². The van der Waals surface area contributed by atoms with Crippen molar-refractivity contribution < 1.29 is 5.11 Å². The van der Waals surface area contributed by atoms with Crippen LogP contribution in [0.3, 0.4) is 0 Å². The lowest BCUT2D eigenvalue weighted by atomic mass is 10.1. The van der Waals surface area contributed by atoms with Gasteiger partial charge < -0.3 is 5.11 Å². The second-order valence-electron chi connectivity index (χ2n) is 2.60. The minimum atomic E-state index is -0.190. The van der Waals surface area contributed by atoms with Gasteiger partial charge in [-0.25, -0.2) is 0 Å². The molecule has 0 bridgehead atoms. The first-order valence-corrected chi connectivity index (χ1v) is 3.39. The average molecular weight is 125 g/mol. The fraction of sp³-hybridized carbons (Fsp3) is 0.857. The van der Waals surface area contributed by atoms with Crippen LogP contribution in [0.2, 0.25) is 0 Å². The Balaban J connectivity index is 2.04. The number of hydrogen-bond donors (Lipinski definition) is 1. The first kappa shape index (κ1) is 6.57. The third-order valence-electron chi connectivity index (χ3n) is 1.72. The molecule has 9 heavy (non-hydrogen) atoms. The zero-order valence-corrected chi connectivity index (χ0v) is 5.38. The van der Waals surface area contributed by atoms with Crippen LogP contribution >= 0.6 is 0 Å². The topological polar surface area (TPSA) is 44.0 Å². The number of nitrogens with zero attached hydrogens (tertiary/aromatic N) is 1. The van der Waals surface area contributed by atoms with Gasteiger partial charge in [0.1, 0.15) is 0 Å². The van der Waals surface area contributed by atoms with Crippen molar-refractivity contribution in [2.24, 2.45) is 5.92 Å². The summed E-state index contributed by atoms with van der Waals surface area (Å²) in [5.41, 5.74) is 0. The van der Waals surface area contributed by atoms with Gasteiger partial charge in [0.15, 0.2) is 0 Å². The van der Waals surface area contributed by atoms with Crippen LogP contribution in [0.1, 0.15) is 25.7 Å². The Morgan fingerprint density at radius 3 is 2.78 bits per heavy atom. The van der Waals surface area contributed by atoms with Crippen LogP contribution in [0.15, 0.2) is 0 Å². The van der Waals surface area contributed by atoms with Crippen molar-refractivity contribution in [1.82, 2.24) is 0 Å². The first-order valence-electron chi connectivity index (χ1n) is 3.39. The number of aliphatic hydroxyl groups excluding tert-OH is 1. The molecule has 1 aliphatic carbocycles. The van der Waals surface area contributed by atoms with E-state index in [0.29, 0.717) is 18.8 Å². The molecule has 1 fully saturated rings. The van der Waals surface area contributed by atoms with E-state index in [1.165, 1.54) is 0 Å². The van der Waals surface area contributed by atoms with E-state index in [0.717, 1.165) is 12.8 Å². The highest BCUT2D eigenvalue weighted by molar-refractivity contribution is 4.83. The highest BCUT2D eigenvalue weighted by atomic mass is 16.3. The SMILES string of the molecule is N#CCCC(O)C1CC1. The fourth-order valence-electron chi connectivity index (χ4n) is 0.929. The Hall–Kier alpha value is -0.550. The van der Waals surface area contributed by atoms with Gasteiger partial charge in [-0.3, -0.25) is 0 Å². The average Bonchev–Trinajstić information content (AvgIpc) is 2.63. The van der Waals surface area contributed by atoms with Gasteiger partial charge in [-0.1, -0.05) is 0 Å². The molecule has 0 spiro atoms. The van der Waals surface area contributed by atoms with Gasteiger partial charge in [0, 0.05) is 6.42 Å². The van der Waals surface area contributed by atoms with Crippen LogP contribution in [-0.4, -0.2) is 11.2 Å². The Kier molecular flexibility index (Phi) is 2.07. The third kappa shape index (κ3) is 2.03. The second kappa shape index (κ2) is 2.84. The minimum Gasteiger partial charge on any atom is -0.393 e. The van der Waals surface area contributed by atoms with Crippen molar-refractivity contribution in [2.75, 3.05) is 0 Å². The molecule has 50 valence electrons. The molecule has 0 aliphatic heterocycles. The maximum atomic E-state index is 9.17.